The number of hydrogen-bond donors (Lipinski definition) is 3. The molecule has 0 bridgehead atoms. The van der Waals surface area contributed by atoms with Crippen LogP contribution in [0.1, 0.15) is 39.7 Å². The Hall–Kier alpha value is -2.04. The van der Waals surface area contributed by atoms with Crippen LogP contribution in [0.5, 0.6) is 0 Å². The second-order valence-electron chi connectivity index (χ2n) is 5.72. The Morgan fingerprint density at radius 2 is 1.75 bits per heavy atom. The molecule has 0 spiro atoms. The van der Waals surface area contributed by atoms with E-state index in [2.05, 4.69) is 31.4 Å². The van der Waals surface area contributed by atoms with Crippen LogP contribution < -0.4 is 10.6 Å². The van der Waals surface area contributed by atoms with E-state index in [0.29, 0.717) is 12.1 Å². The summed E-state index contributed by atoms with van der Waals surface area (Å²) in [6, 6.07) is 6.13. The molecular weight excluding hydrogens is 256 g/mol. The molecule has 110 valence electrons. The first-order valence-electron chi connectivity index (χ1n) is 6.65. The van der Waals surface area contributed by atoms with Gasteiger partial charge in [-0.3, -0.25) is 0 Å². The van der Waals surface area contributed by atoms with Gasteiger partial charge in [0.1, 0.15) is 6.04 Å². The summed E-state index contributed by atoms with van der Waals surface area (Å²) in [6.07, 6.45) is 0.339. The third-order valence-corrected chi connectivity index (χ3v) is 3.02. The summed E-state index contributed by atoms with van der Waals surface area (Å²) >= 11 is 0. The van der Waals surface area contributed by atoms with Crippen molar-refractivity contribution >= 4 is 17.7 Å². The zero-order chi connectivity index (χ0) is 15.3. The minimum atomic E-state index is -1.04. The van der Waals surface area contributed by atoms with Crippen LogP contribution in [-0.4, -0.2) is 23.1 Å². The van der Waals surface area contributed by atoms with Gasteiger partial charge >= 0.3 is 12.0 Å². The number of aliphatic carboxylic acids is 1. The average Bonchev–Trinajstić information content (AvgIpc) is 2.35. The van der Waals surface area contributed by atoms with Crippen molar-refractivity contribution in [2.24, 2.45) is 0 Å². The maximum Gasteiger partial charge on any atom is 0.326 e. The molecule has 3 N–H and O–H groups in total. The highest BCUT2D eigenvalue weighted by Gasteiger charge is 2.17. The maximum absolute atomic E-state index is 11.7. The van der Waals surface area contributed by atoms with E-state index in [0.717, 1.165) is 0 Å². The van der Waals surface area contributed by atoms with Gasteiger partial charge in [0.2, 0.25) is 0 Å². The van der Waals surface area contributed by atoms with Gasteiger partial charge in [-0.15, -0.1) is 0 Å². The van der Waals surface area contributed by atoms with E-state index in [1.54, 1.807) is 6.92 Å². The zero-order valence-corrected chi connectivity index (χ0v) is 12.4. The fourth-order valence-corrected chi connectivity index (χ4v) is 1.72. The summed E-state index contributed by atoms with van der Waals surface area (Å²) in [5.74, 6) is -1.04. The highest BCUT2D eigenvalue weighted by atomic mass is 16.4. The van der Waals surface area contributed by atoms with Crippen LogP contribution in [0.15, 0.2) is 24.3 Å². The molecule has 0 aliphatic heterocycles. The summed E-state index contributed by atoms with van der Waals surface area (Å²) in [6.45, 7) is 8.04. The molecule has 2 amide bonds. The molecule has 0 saturated heterocycles. The van der Waals surface area contributed by atoms with Gasteiger partial charge in [0.05, 0.1) is 0 Å². The number of urea groups is 1. The fraction of sp³-hybridized carbons (Fsp3) is 0.467. The van der Waals surface area contributed by atoms with Gasteiger partial charge in [0.15, 0.2) is 0 Å². The lowest BCUT2D eigenvalue weighted by Gasteiger charge is -2.19. The van der Waals surface area contributed by atoms with Gasteiger partial charge in [-0.1, -0.05) is 39.8 Å². The molecular formula is C15H22N2O3. The Balaban J connectivity index is 2.65. The van der Waals surface area contributed by atoms with Gasteiger partial charge in [-0.2, -0.15) is 0 Å². The van der Waals surface area contributed by atoms with Crippen LogP contribution in [0.2, 0.25) is 0 Å². The molecule has 0 radical (unpaired) electrons. The molecule has 1 atom stereocenters. The van der Waals surface area contributed by atoms with Crippen molar-refractivity contribution < 1.29 is 14.7 Å². The van der Waals surface area contributed by atoms with Gasteiger partial charge in [-0.25, -0.2) is 9.59 Å². The quantitative estimate of drug-likeness (QED) is 0.792. The van der Waals surface area contributed by atoms with Crippen LogP contribution in [0.3, 0.4) is 0 Å². The number of amides is 2. The first-order valence-corrected chi connectivity index (χ1v) is 6.65. The molecule has 1 rings (SSSR count). The Bertz CT molecular complexity index is 475. The first kappa shape index (κ1) is 16.0. The van der Waals surface area contributed by atoms with E-state index < -0.39 is 18.0 Å². The molecule has 1 unspecified atom stereocenters. The van der Waals surface area contributed by atoms with Crippen molar-refractivity contribution in [1.29, 1.82) is 0 Å². The molecule has 0 aliphatic rings. The lowest BCUT2D eigenvalue weighted by atomic mass is 9.87. The largest absolute Gasteiger partial charge is 0.480 e. The van der Waals surface area contributed by atoms with Gasteiger partial charge in [-0.05, 0) is 29.5 Å². The molecule has 0 aromatic heterocycles. The summed E-state index contributed by atoms with van der Waals surface area (Å²) in [4.78, 5) is 22.5. The SMILES string of the molecule is CCC(NC(=O)Nc1ccc(C(C)(C)C)cc1)C(=O)O. The number of carbonyl (C=O) groups is 2. The predicted molar refractivity (Wildman–Crippen MR) is 79.0 cm³/mol. The number of nitrogens with one attached hydrogen (secondary N) is 2. The molecule has 20 heavy (non-hydrogen) atoms. The number of rotatable bonds is 4. The number of hydrogen-bond acceptors (Lipinski definition) is 2. The molecule has 5 nitrogen and oxygen atoms in total. The highest BCUT2D eigenvalue weighted by molar-refractivity contribution is 5.92. The number of anilines is 1. The van der Waals surface area contributed by atoms with E-state index >= 15 is 0 Å². The van der Waals surface area contributed by atoms with Gasteiger partial charge in [0.25, 0.3) is 0 Å². The highest BCUT2D eigenvalue weighted by Crippen LogP contribution is 2.23. The minimum absolute atomic E-state index is 0.0530. The molecule has 1 aromatic carbocycles. The predicted octanol–water partition coefficient (Wildman–Crippen LogP) is 2.97. The Kier molecular flexibility index (Phi) is 5.13. The molecule has 0 saturated carbocycles. The summed E-state index contributed by atoms with van der Waals surface area (Å²) < 4.78 is 0. The lowest BCUT2D eigenvalue weighted by Crippen LogP contribution is -2.42. The smallest absolute Gasteiger partial charge is 0.326 e. The van der Waals surface area contributed by atoms with E-state index in [1.807, 2.05) is 24.3 Å². The van der Waals surface area contributed by atoms with Crippen molar-refractivity contribution in [1.82, 2.24) is 5.32 Å². The summed E-state index contributed by atoms with van der Waals surface area (Å²) in [5.41, 5.74) is 1.85. The van der Waals surface area contributed by atoms with Crippen molar-refractivity contribution in [3.8, 4) is 0 Å². The number of carbonyl (C=O) groups excluding carboxylic acids is 1. The normalized spacial score (nSPS) is 12.6. The third-order valence-electron chi connectivity index (χ3n) is 3.02. The topological polar surface area (TPSA) is 78.4 Å². The number of benzene rings is 1. The standard InChI is InChI=1S/C15H22N2O3/c1-5-12(13(18)19)17-14(20)16-11-8-6-10(7-9-11)15(2,3)4/h6-9,12H,5H2,1-4H3,(H,18,19)(H2,16,17,20). The van der Waals surface area contributed by atoms with Crippen LogP contribution in [-0.2, 0) is 10.2 Å². The van der Waals surface area contributed by atoms with Crippen LogP contribution in [0.25, 0.3) is 0 Å². The summed E-state index contributed by atoms with van der Waals surface area (Å²) in [7, 11) is 0. The average molecular weight is 278 g/mol. The Morgan fingerprint density at radius 3 is 2.15 bits per heavy atom. The fourth-order valence-electron chi connectivity index (χ4n) is 1.72. The van der Waals surface area contributed by atoms with Crippen molar-refractivity contribution in [3.63, 3.8) is 0 Å². The number of carboxylic acid groups (broad SMARTS) is 1. The molecule has 1 aromatic rings. The van der Waals surface area contributed by atoms with Gasteiger partial charge in [0, 0.05) is 5.69 Å². The van der Waals surface area contributed by atoms with Crippen molar-refractivity contribution in [3.05, 3.63) is 29.8 Å². The third kappa shape index (κ3) is 4.57. The zero-order valence-electron chi connectivity index (χ0n) is 12.4. The van der Waals surface area contributed by atoms with E-state index in [-0.39, 0.29) is 5.41 Å². The monoisotopic (exact) mass is 278 g/mol. The van der Waals surface area contributed by atoms with Crippen LogP contribution >= 0.6 is 0 Å². The Morgan fingerprint density at radius 1 is 1.20 bits per heavy atom. The molecule has 0 heterocycles. The second-order valence-corrected chi connectivity index (χ2v) is 5.72. The van der Waals surface area contributed by atoms with E-state index in [1.165, 1.54) is 5.56 Å². The minimum Gasteiger partial charge on any atom is -0.480 e. The molecule has 0 fully saturated rings. The summed E-state index contributed by atoms with van der Waals surface area (Å²) in [5, 5.41) is 13.9. The van der Waals surface area contributed by atoms with E-state index in [9.17, 15) is 9.59 Å². The van der Waals surface area contributed by atoms with Gasteiger partial charge < -0.3 is 15.7 Å². The molecule has 0 aliphatic carbocycles. The number of carboxylic acids is 1. The first-order chi connectivity index (χ1) is 9.24. The van der Waals surface area contributed by atoms with Crippen molar-refractivity contribution in [2.75, 3.05) is 5.32 Å². The maximum atomic E-state index is 11.7. The van der Waals surface area contributed by atoms with E-state index in [4.69, 9.17) is 5.11 Å². The molecule has 5 heteroatoms. The van der Waals surface area contributed by atoms with Crippen LogP contribution in [0, 0.1) is 0 Å². The van der Waals surface area contributed by atoms with Crippen molar-refractivity contribution in [2.45, 2.75) is 45.6 Å². The lowest BCUT2D eigenvalue weighted by molar-refractivity contribution is -0.139. The van der Waals surface area contributed by atoms with Crippen LogP contribution in [0.4, 0.5) is 10.5 Å². The Labute approximate surface area is 119 Å². The second kappa shape index (κ2) is 6.41.